The van der Waals surface area contributed by atoms with Gasteiger partial charge in [-0.25, -0.2) is 13.8 Å². The molecule has 1 fully saturated rings. The number of benzene rings is 3. The number of hydrogen-bond acceptors (Lipinski definition) is 6. The van der Waals surface area contributed by atoms with Crippen LogP contribution < -0.4 is 19.8 Å². The first kappa shape index (κ1) is 30.8. The van der Waals surface area contributed by atoms with Crippen molar-refractivity contribution >= 4 is 33.7 Å². The Morgan fingerprint density at radius 3 is 2.26 bits per heavy atom. The number of sulfonamides is 1. The predicted octanol–water partition coefficient (Wildman–Crippen LogP) is 4.79. The monoisotopic (exact) mass is 590 g/mol. The van der Waals surface area contributed by atoms with Crippen molar-refractivity contribution < 1.29 is 22.7 Å². The fourth-order valence-corrected chi connectivity index (χ4v) is 6.11. The number of hydrazone groups is 1. The van der Waals surface area contributed by atoms with E-state index in [9.17, 15) is 18.0 Å². The van der Waals surface area contributed by atoms with Gasteiger partial charge in [-0.2, -0.15) is 5.10 Å². The lowest BCUT2D eigenvalue weighted by atomic mass is 9.95. The van der Waals surface area contributed by atoms with E-state index >= 15 is 0 Å². The van der Waals surface area contributed by atoms with E-state index in [2.05, 4.69) is 15.8 Å². The first-order valence-corrected chi connectivity index (χ1v) is 15.6. The van der Waals surface area contributed by atoms with Gasteiger partial charge in [-0.3, -0.25) is 13.9 Å². The van der Waals surface area contributed by atoms with Crippen molar-refractivity contribution in [3.63, 3.8) is 0 Å². The Kier molecular flexibility index (Phi) is 10.4. The largest absolute Gasteiger partial charge is 0.484 e. The van der Waals surface area contributed by atoms with E-state index in [-0.39, 0.29) is 23.5 Å². The maximum atomic E-state index is 13.6. The summed E-state index contributed by atoms with van der Waals surface area (Å²) in [5.41, 5.74) is 6.35. The van der Waals surface area contributed by atoms with Crippen molar-refractivity contribution in [1.82, 2.24) is 10.7 Å². The average Bonchev–Trinajstić information content (AvgIpc) is 2.98. The zero-order chi connectivity index (χ0) is 30.1. The summed E-state index contributed by atoms with van der Waals surface area (Å²) in [6, 6.07) is 18.9. The minimum Gasteiger partial charge on any atom is -0.484 e. The van der Waals surface area contributed by atoms with Crippen molar-refractivity contribution in [3.8, 4) is 5.75 Å². The molecule has 0 bridgehead atoms. The summed E-state index contributed by atoms with van der Waals surface area (Å²) in [4.78, 5) is 25.1. The number of carbonyl (C=O) groups is 2. The molecule has 1 aliphatic rings. The van der Waals surface area contributed by atoms with Crippen LogP contribution in [-0.4, -0.2) is 45.6 Å². The maximum Gasteiger partial charge on any atom is 0.264 e. The van der Waals surface area contributed by atoms with Crippen LogP contribution in [0.1, 0.15) is 54.4 Å². The highest BCUT2D eigenvalue weighted by atomic mass is 32.2. The second-order valence-corrected chi connectivity index (χ2v) is 12.5. The second-order valence-electron chi connectivity index (χ2n) is 10.6. The summed E-state index contributed by atoms with van der Waals surface area (Å²) >= 11 is 0. The summed E-state index contributed by atoms with van der Waals surface area (Å²) in [5, 5.41) is 7.03. The number of nitrogens with one attached hydrogen (secondary N) is 2. The molecule has 2 N–H and O–H groups in total. The van der Waals surface area contributed by atoms with Crippen molar-refractivity contribution in [2.45, 2.75) is 63.8 Å². The number of aryl methyl sites for hydroxylation is 3. The Morgan fingerprint density at radius 1 is 0.905 bits per heavy atom. The fraction of sp³-hybridized carbons (Fsp3) is 0.344. The third kappa shape index (κ3) is 8.42. The number of ether oxygens (including phenoxy) is 1. The summed E-state index contributed by atoms with van der Waals surface area (Å²) in [7, 11) is -4.02. The van der Waals surface area contributed by atoms with E-state index in [1.165, 1.54) is 24.8 Å². The van der Waals surface area contributed by atoms with Gasteiger partial charge in [0, 0.05) is 6.04 Å². The molecule has 42 heavy (non-hydrogen) atoms. The van der Waals surface area contributed by atoms with Crippen LogP contribution in [0, 0.1) is 20.8 Å². The van der Waals surface area contributed by atoms with Gasteiger partial charge in [-0.1, -0.05) is 43.0 Å². The first-order chi connectivity index (χ1) is 20.1. The SMILES string of the molecule is Cc1ccc(S(=O)(=O)N(CC(=O)N/N=C\c2ccc(OCC(=O)NC3CCCCC3)cc2)c2ccc(C)c(C)c2)cc1. The van der Waals surface area contributed by atoms with Crippen LogP contribution in [-0.2, 0) is 19.6 Å². The highest BCUT2D eigenvalue weighted by molar-refractivity contribution is 7.92. The van der Waals surface area contributed by atoms with Crippen LogP contribution in [0.2, 0.25) is 0 Å². The van der Waals surface area contributed by atoms with Gasteiger partial charge < -0.3 is 10.1 Å². The van der Waals surface area contributed by atoms with E-state index in [0.29, 0.717) is 17.0 Å². The average molecular weight is 591 g/mol. The number of carbonyl (C=O) groups excluding carboxylic acids is 2. The van der Waals surface area contributed by atoms with Gasteiger partial charge >= 0.3 is 0 Å². The van der Waals surface area contributed by atoms with Crippen LogP contribution in [0.3, 0.4) is 0 Å². The smallest absolute Gasteiger partial charge is 0.264 e. The van der Waals surface area contributed by atoms with Gasteiger partial charge in [0.25, 0.3) is 21.8 Å². The minimum atomic E-state index is -4.02. The Morgan fingerprint density at radius 2 is 1.60 bits per heavy atom. The van der Waals surface area contributed by atoms with E-state index in [4.69, 9.17) is 4.74 Å². The molecule has 0 saturated heterocycles. The summed E-state index contributed by atoms with van der Waals surface area (Å²) < 4.78 is 33.8. The Bertz CT molecular complexity index is 1510. The molecule has 0 aliphatic heterocycles. The Balaban J connectivity index is 1.36. The van der Waals surface area contributed by atoms with Gasteiger partial charge in [0.15, 0.2) is 6.61 Å². The third-order valence-corrected chi connectivity index (χ3v) is 9.09. The highest BCUT2D eigenvalue weighted by Gasteiger charge is 2.27. The number of nitrogens with zero attached hydrogens (tertiary/aromatic N) is 2. The van der Waals surface area contributed by atoms with Crippen molar-refractivity contribution in [2.75, 3.05) is 17.5 Å². The molecule has 1 aliphatic carbocycles. The van der Waals surface area contributed by atoms with E-state index in [1.807, 2.05) is 26.8 Å². The molecule has 222 valence electrons. The molecule has 0 radical (unpaired) electrons. The van der Waals surface area contributed by atoms with Crippen LogP contribution in [0.5, 0.6) is 5.75 Å². The van der Waals surface area contributed by atoms with Crippen LogP contribution >= 0.6 is 0 Å². The fourth-order valence-electron chi connectivity index (χ4n) is 4.69. The molecular weight excluding hydrogens is 552 g/mol. The first-order valence-electron chi connectivity index (χ1n) is 14.1. The Hall–Kier alpha value is -4.18. The van der Waals surface area contributed by atoms with Crippen LogP contribution in [0.4, 0.5) is 5.69 Å². The molecule has 0 heterocycles. The molecular formula is C32H38N4O5S. The van der Waals surface area contributed by atoms with E-state index in [1.54, 1.807) is 48.5 Å². The molecule has 2 amide bonds. The lowest BCUT2D eigenvalue weighted by Crippen LogP contribution is -2.39. The lowest BCUT2D eigenvalue weighted by Gasteiger charge is -2.24. The van der Waals surface area contributed by atoms with Gasteiger partial charge in [-0.15, -0.1) is 0 Å². The van der Waals surface area contributed by atoms with Crippen molar-refractivity contribution in [3.05, 3.63) is 89.0 Å². The highest BCUT2D eigenvalue weighted by Crippen LogP contribution is 2.26. The van der Waals surface area contributed by atoms with Gasteiger partial charge in [0.1, 0.15) is 12.3 Å². The normalized spacial score (nSPS) is 14.0. The molecule has 4 rings (SSSR count). The molecule has 0 atom stereocenters. The van der Waals surface area contributed by atoms with Gasteiger partial charge in [-0.05, 0) is 98.8 Å². The summed E-state index contributed by atoms with van der Waals surface area (Å²) in [6.07, 6.45) is 7.00. The molecule has 3 aromatic rings. The number of rotatable bonds is 11. The molecule has 10 heteroatoms. The zero-order valence-corrected chi connectivity index (χ0v) is 25.1. The number of amides is 2. The predicted molar refractivity (Wildman–Crippen MR) is 164 cm³/mol. The molecule has 1 saturated carbocycles. The number of hydrogen-bond donors (Lipinski definition) is 2. The van der Waals surface area contributed by atoms with Crippen molar-refractivity contribution in [1.29, 1.82) is 0 Å². The van der Waals surface area contributed by atoms with Gasteiger partial charge in [0.05, 0.1) is 16.8 Å². The second kappa shape index (κ2) is 14.1. The molecule has 0 unspecified atom stereocenters. The summed E-state index contributed by atoms with van der Waals surface area (Å²) in [6.45, 7) is 5.20. The van der Waals surface area contributed by atoms with Crippen LogP contribution in [0.25, 0.3) is 0 Å². The van der Waals surface area contributed by atoms with Crippen LogP contribution in [0.15, 0.2) is 76.7 Å². The maximum absolute atomic E-state index is 13.6. The molecule has 0 aromatic heterocycles. The molecule has 3 aromatic carbocycles. The standard InChI is InChI=1S/C32H38N4O5S/c1-23-9-17-30(18-10-23)42(39,40)36(28-14-11-24(2)25(3)19-28)21-31(37)35-33-20-26-12-15-29(16-13-26)41-22-32(38)34-27-7-5-4-6-8-27/h9-20,27H,4-8,21-22H2,1-3H3,(H,34,38)(H,35,37)/b33-20-. The minimum absolute atomic E-state index is 0.0531. The number of anilines is 1. The zero-order valence-electron chi connectivity index (χ0n) is 24.3. The quantitative estimate of drug-likeness (QED) is 0.246. The molecule has 0 spiro atoms. The van der Waals surface area contributed by atoms with Crippen molar-refractivity contribution in [2.24, 2.45) is 5.10 Å². The molecule has 9 nitrogen and oxygen atoms in total. The topological polar surface area (TPSA) is 117 Å². The lowest BCUT2D eigenvalue weighted by molar-refractivity contribution is -0.124. The van der Waals surface area contributed by atoms with E-state index < -0.39 is 22.5 Å². The third-order valence-electron chi connectivity index (χ3n) is 7.30. The summed E-state index contributed by atoms with van der Waals surface area (Å²) in [5.74, 6) is -0.182. The Labute approximate surface area is 248 Å². The van der Waals surface area contributed by atoms with E-state index in [0.717, 1.165) is 46.7 Å². The van der Waals surface area contributed by atoms with Gasteiger partial charge in [0.2, 0.25) is 0 Å².